The van der Waals surface area contributed by atoms with Gasteiger partial charge in [-0.2, -0.15) is 8.42 Å². The molecular weight excluding hydrogens is 317 g/mol. The summed E-state index contributed by atoms with van der Waals surface area (Å²) in [5.41, 5.74) is 0.311. The van der Waals surface area contributed by atoms with Crippen LogP contribution in [0.3, 0.4) is 0 Å². The van der Waals surface area contributed by atoms with Gasteiger partial charge in [0.05, 0.1) is 17.1 Å². The van der Waals surface area contributed by atoms with Crippen LogP contribution in [0.1, 0.15) is 23.1 Å². The van der Waals surface area contributed by atoms with Crippen LogP contribution >= 0.6 is 0 Å². The minimum Gasteiger partial charge on any atom is -0.262 e. The third-order valence-corrected chi connectivity index (χ3v) is 4.27. The second-order valence-corrected chi connectivity index (χ2v) is 6.30. The summed E-state index contributed by atoms with van der Waals surface area (Å²) in [6.45, 7) is 1.38. The molecule has 2 aromatic rings. The van der Waals surface area contributed by atoms with Crippen LogP contribution in [0.4, 0.5) is 13.2 Å². The molecule has 0 N–H and O–H groups in total. The molecule has 0 amide bonds. The first-order chi connectivity index (χ1) is 10.3. The molecule has 0 saturated heterocycles. The van der Waals surface area contributed by atoms with Gasteiger partial charge in [-0.3, -0.25) is 4.18 Å². The summed E-state index contributed by atoms with van der Waals surface area (Å²) < 4.78 is 66.9. The topological polar surface area (TPSA) is 43.4 Å². The van der Waals surface area contributed by atoms with E-state index >= 15 is 0 Å². The number of halogens is 3. The number of alkyl halides is 2. The van der Waals surface area contributed by atoms with Gasteiger partial charge < -0.3 is 0 Å². The molecule has 7 heteroatoms. The minimum absolute atomic E-state index is 0.0252. The summed E-state index contributed by atoms with van der Waals surface area (Å²) in [5, 5.41) is 0. The number of hydrogen-bond donors (Lipinski definition) is 0. The first-order valence-corrected chi connectivity index (χ1v) is 7.73. The van der Waals surface area contributed by atoms with Crippen molar-refractivity contribution in [3.05, 3.63) is 65.0 Å². The van der Waals surface area contributed by atoms with Crippen molar-refractivity contribution < 1.29 is 25.8 Å². The first-order valence-electron chi connectivity index (χ1n) is 6.32. The number of rotatable bonds is 5. The Balaban J connectivity index is 2.12. The van der Waals surface area contributed by atoms with Gasteiger partial charge in [0.15, 0.2) is 0 Å². The van der Waals surface area contributed by atoms with Crippen molar-refractivity contribution in [1.82, 2.24) is 0 Å². The second-order valence-electron chi connectivity index (χ2n) is 4.69. The fourth-order valence-electron chi connectivity index (χ4n) is 1.76. The summed E-state index contributed by atoms with van der Waals surface area (Å²) in [6.07, 6.45) is -2.92. The highest BCUT2D eigenvalue weighted by Crippen LogP contribution is 2.23. The molecule has 0 unspecified atom stereocenters. The minimum atomic E-state index is -3.99. The molecule has 0 aromatic heterocycles. The van der Waals surface area contributed by atoms with Crippen molar-refractivity contribution in [3.63, 3.8) is 0 Å². The maximum absolute atomic E-state index is 13.4. The Morgan fingerprint density at radius 3 is 2.27 bits per heavy atom. The van der Waals surface area contributed by atoms with E-state index in [1.165, 1.54) is 18.2 Å². The SMILES string of the molecule is Cc1ccc(S(=O)(=O)OCc2ccc(C(F)F)c(F)c2)cc1. The summed E-state index contributed by atoms with van der Waals surface area (Å²) >= 11 is 0. The molecule has 0 radical (unpaired) electrons. The lowest BCUT2D eigenvalue weighted by atomic mass is 10.1. The molecule has 0 spiro atoms. The predicted octanol–water partition coefficient (Wildman–Crippen LogP) is 3.98. The predicted molar refractivity (Wildman–Crippen MR) is 74.5 cm³/mol. The maximum atomic E-state index is 13.4. The summed E-state index contributed by atoms with van der Waals surface area (Å²) in [4.78, 5) is -0.0252. The van der Waals surface area contributed by atoms with Gasteiger partial charge in [-0.05, 0) is 30.7 Å². The summed E-state index contributed by atoms with van der Waals surface area (Å²) in [5.74, 6) is -1.09. The second kappa shape index (κ2) is 6.50. The van der Waals surface area contributed by atoms with Gasteiger partial charge in [-0.25, -0.2) is 13.2 Å². The normalized spacial score (nSPS) is 11.9. The van der Waals surface area contributed by atoms with Crippen molar-refractivity contribution in [2.45, 2.75) is 24.9 Å². The van der Waals surface area contributed by atoms with E-state index in [4.69, 9.17) is 4.18 Å². The highest BCUT2D eigenvalue weighted by Gasteiger charge is 2.17. The lowest BCUT2D eigenvalue weighted by Gasteiger charge is -2.08. The molecule has 3 nitrogen and oxygen atoms in total. The Labute approximate surface area is 126 Å². The van der Waals surface area contributed by atoms with Crippen LogP contribution in [0.2, 0.25) is 0 Å². The average Bonchev–Trinajstić information content (AvgIpc) is 2.45. The largest absolute Gasteiger partial charge is 0.297 e. The van der Waals surface area contributed by atoms with Gasteiger partial charge >= 0.3 is 0 Å². The van der Waals surface area contributed by atoms with Crippen LogP contribution in [0.5, 0.6) is 0 Å². The molecule has 0 saturated carbocycles. The zero-order chi connectivity index (χ0) is 16.3. The van der Waals surface area contributed by atoms with Crippen molar-refractivity contribution in [2.24, 2.45) is 0 Å². The maximum Gasteiger partial charge on any atom is 0.297 e. The van der Waals surface area contributed by atoms with Crippen molar-refractivity contribution in [2.75, 3.05) is 0 Å². The van der Waals surface area contributed by atoms with Gasteiger partial charge in [0, 0.05) is 0 Å². The van der Waals surface area contributed by atoms with E-state index < -0.39 is 34.5 Å². The van der Waals surface area contributed by atoms with Gasteiger partial charge in [-0.1, -0.05) is 29.8 Å². The quantitative estimate of drug-likeness (QED) is 0.779. The third-order valence-electron chi connectivity index (χ3n) is 2.99. The monoisotopic (exact) mass is 330 g/mol. The van der Waals surface area contributed by atoms with Crippen LogP contribution in [-0.4, -0.2) is 8.42 Å². The highest BCUT2D eigenvalue weighted by atomic mass is 32.2. The third kappa shape index (κ3) is 3.86. The fraction of sp³-hybridized carbons (Fsp3) is 0.200. The van der Waals surface area contributed by atoms with Crippen LogP contribution in [-0.2, 0) is 20.9 Å². The molecule has 2 aromatic carbocycles. The van der Waals surface area contributed by atoms with Gasteiger partial charge in [0.25, 0.3) is 16.5 Å². The Hall–Kier alpha value is -1.86. The lowest BCUT2D eigenvalue weighted by molar-refractivity contribution is 0.146. The molecule has 0 aliphatic heterocycles. The summed E-state index contributed by atoms with van der Waals surface area (Å²) in [7, 11) is -3.99. The average molecular weight is 330 g/mol. The smallest absolute Gasteiger partial charge is 0.262 e. The molecular formula is C15H13F3O3S. The Morgan fingerprint density at radius 2 is 1.73 bits per heavy atom. The number of benzene rings is 2. The van der Waals surface area contributed by atoms with E-state index in [1.807, 2.05) is 6.92 Å². The molecule has 0 aliphatic rings. The molecule has 0 bridgehead atoms. The van der Waals surface area contributed by atoms with E-state index in [-0.39, 0.29) is 10.5 Å². The highest BCUT2D eigenvalue weighted by molar-refractivity contribution is 7.86. The van der Waals surface area contributed by atoms with Crippen LogP contribution in [0.25, 0.3) is 0 Å². The van der Waals surface area contributed by atoms with Crippen molar-refractivity contribution in [1.29, 1.82) is 0 Å². The van der Waals surface area contributed by atoms with Gasteiger partial charge in [0.1, 0.15) is 5.82 Å². The van der Waals surface area contributed by atoms with E-state index in [1.54, 1.807) is 12.1 Å². The molecule has 0 fully saturated rings. The van der Waals surface area contributed by atoms with Crippen LogP contribution in [0, 0.1) is 12.7 Å². The van der Waals surface area contributed by atoms with Gasteiger partial charge in [0.2, 0.25) is 0 Å². The molecule has 0 aliphatic carbocycles. The molecule has 0 heterocycles. The van der Waals surface area contributed by atoms with E-state index in [0.29, 0.717) is 0 Å². The van der Waals surface area contributed by atoms with Crippen LogP contribution < -0.4 is 0 Å². The number of hydrogen-bond acceptors (Lipinski definition) is 3. The van der Waals surface area contributed by atoms with E-state index in [9.17, 15) is 21.6 Å². The molecule has 2 rings (SSSR count). The Bertz CT molecular complexity index is 756. The zero-order valence-electron chi connectivity index (χ0n) is 11.6. The zero-order valence-corrected chi connectivity index (χ0v) is 12.4. The fourth-order valence-corrected chi connectivity index (χ4v) is 2.65. The molecule has 22 heavy (non-hydrogen) atoms. The molecule has 0 atom stereocenters. The Morgan fingerprint density at radius 1 is 1.09 bits per heavy atom. The van der Waals surface area contributed by atoms with E-state index in [2.05, 4.69) is 0 Å². The molecule has 118 valence electrons. The number of aryl methyl sites for hydroxylation is 1. The standard InChI is InChI=1S/C15H13F3O3S/c1-10-2-5-12(6-3-10)22(19,20)21-9-11-4-7-13(15(17)18)14(16)8-11/h2-8,15H,9H2,1H3. The summed E-state index contributed by atoms with van der Waals surface area (Å²) in [6, 6.07) is 8.98. The first kappa shape index (κ1) is 16.5. The van der Waals surface area contributed by atoms with Crippen molar-refractivity contribution >= 4 is 10.1 Å². The lowest BCUT2D eigenvalue weighted by Crippen LogP contribution is -2.07. The van der Waals surface area contributed by atoms with Crippen LogP contribution in [0.15, 0.2) is 47.4 Å². The van der Waals surface area contributed by atoms with Crippen molar-refractivity contribution in [3.8, 4) is 0 Å². The van der Waals surface area contributed by atoms with E-state index in [0.717, 1.165) is 17.7 Å². The van der Waals surface area contributed by atoms with Gasteiger partial charge in [-0.15, -0.1) is 0 Å². The Kier molecular flexibility index (Phi) is 4.87.